The highest BCUT2D eigenvalue weighted by Gasteiger charge is 2.29. The van der Waals surface area contributed by atoms with Gasteiger partial charge in [-0.1, -0.05) is 6.42 Å². The molecule has 3 fully saturated rings. The Kier molecular flexibility index (Phi) is 7.59. The molecule has 0 radical (unpaired) electrons. The zero-order valence-electron chi connectivity index (χ0n) is 17.7. The predicted molar refractivity (Wildman–Crippen MR) is 111 cm³/mol. The van der Waals surface area contributed by atoms with Gasteiger partial charge in [-0.15, -0.1) is 0 Å². The van der Waals surface area contributed by atoms with Crippen LogP contribution in [0.5, 0.6) is 0 Å². The Morgan fingerprint density at radius 3 is 2.04 bits per heavy atom. The Bertz CT molecular complexity index is 614. The van der Waals surface area contributed by atoms with Crippen molar-refractivity contribution in [3.8, 4) is 12.1 Å². The second-order valence-corrected chi connectivity index (χ2v) is 8.66. The molecule has 6 nitrogen and oxygen atoms in total. The van der Waals surface area contributed by atoms with Crippen LogP contribution in [0.4, 0.5) is 0 Å². The number of rotatable bonds is 7. The van der Waals surface area contributed by atoms with Gasteiger partial charge in [0.1, 0.15) is 18.0 Å². The van der Waals surface area contributed by atoms with Crippen molar-refractivity contribution >= 4 is 0 Å². The normalized spacial score (nSPS) is 26.5. The van der Waals surface area contributed by atoms with Crippen molar-refractivity contribution in [1.82, 2.24) is 19.6 Å². The number of hydrogen-bond donors (Lipinski definition) is 0. The first-order valence-corrected chi connectivity index (χ1v) is 11.2. The third kappa shape index (κ3) is 4.99. The van der Waals surface area contributed by atoms with Crippen LogP contribution in [0.1, 0.15) is 52.4 Å². The van der Waals surface area contributed by atoms with E-state index in [1.807, 2.05) is 0 Å². The molecular weight excluding hydrogens is 348 g/mol. The molecule has 0 amide bonds. The molecule has 0 aromatic rings. The molecule has 3 saturated heterocycles. The van der Waals surface area contributed by atoms with Gasteiger partial charge >= 0.3 is 0 Å². The van der Waals surface area contributed by atoms with Crippen molar-refractivity contribution in [2.75, 3.05) is 52.4 Å². The Morgan fingerprint density at radius 1 is 0.786 bits per heavy atom. The SMILES string of the molecule is CC1CCCCN1CCN1CCN(CCCN2CCC[C@@H]2C)C1=C(C#N)C#N. The lowest BCUT2D eigenvalue weighted by Gasteiger charge is -2.35. The summed E-state index contributed by atoms with van der Waals surface area (Å²) >= 11 is 0. The largest absolute Gasteiger partial charge is 0.355 e. The van der Waals surface area contributed by atoms with Gasteiger partial charge in [0, 0.05) is 51.4 Å². The fraction of sp³-hybridized carbons (Fsp3) is 0.818. The van der Waals surface area contributed by atoms with Gasteiger partial charge in [-0.05, 0) is 59.0 Å². The zero-order chi connectivity index (χ0) is 19.9. The first kappa shape index (κ1) is 21.0. The smallest absolute Gasteiger partial charge is 0.169 e. The van der Waals surface area contributed by atoms with Crippen molar-refractivity contribution < 1.29 is 0 Å². The maximum Gasteiger partial charge on any atom is 0.169 e. The highest BCUT2D eigenvalue weighted by atomic mass is 15.4. The van der Waals surface area contributed by atoms with Crippen molar-refractivity contribution in [1.29, 1.82) is 10.5 Å². The topological polar surface area (TPSA) is 60.5 Å². The molecule has 1 unspecified atom stereocenters. The quantitative estimate of drug-likeness (QED) is 0.629. The highest BCUT2D eigenvalue weighted by Crippen LogP contribution is 2.24. The lowest BCUT2D eigenvalue weighted by atomic mass is 10.0. The van der Waals surface area contributed by atoms with Crippen LogP contribution in [0.2, 0.25) is 0 Å². The summed E-state index contributed by atoms with van der Waals surface area (Å²) in [4.78, 5) is 9.70. The molecule has 3 aliphatic heterocycles. The molecule has 0 saturated carbocycles. The minimum absolute atomic E-state index is 0.277. The van der Waals surface area contributed by atoms with Gasteiger partial charge in [0.15, 0.2) is 5.57 Å². The Hall–Kier alpha value is -1.76. The van der Waals surface area contributed by atoms with E-state index < -0.39 is 0 Å². The molecule has 28 heavy (non-hydrogen) atoms. The third-order valence-electron chi connectivity index (χ3n) is 6.85. The zero-order valence-corrected chi connectivity index (χ0v) is 17.7. The van der Waals surface area contributed by atoms with E-state index in [4.69, 9.17) is 0 Å². The average Bonchev–Trinajstić information content (AvgIpc) is 3.29. The summed E-state index contributed by atoms with van der Waals surface area (Å²) < 4.78 is 0. The summed E-state index contributed by atoms with van der Waals surface area (Å²) in [5, 5.41) is 19.0. The van der Waals surface area contributed by atoms with E-state index in [1.54, 1.807) is 0 Å². The Morgan fingerprint density at radius 2 is 1.39 bits per heavy atom. The van der Waals surface area contributed by atoms with E-state index in [0.717, 1.165) is 51.5 Å². The molecule has 3 rings (SSSR count). The van der Waals surface area contributed by atoms with Gasteiger partial charge < -0.3 is 14.7 Å². The highest BCUT2D eigenvalue weighted by molar-refractivity contribution is 5.40. The summed E-state index contributed by atoms with van der Waals surface area (Å²) in [5.74, 6) is 0.879. The molecule has 6 heteroatoms. The van der Waals surface area contributed by atoms with Gasteiger partial charge in [0.2, 0.25) is 0 Å². The monoisotopic (exact) mass is 384 g/mol. The number of nitrogens with zero attached hydrogens (tertiary/aromatic N) is 6. The maximum atomic E-state index is 9.51. The number of allylic oxidation sites excluding steroid dienone is 1. The van der Waals surface area contributed by atoms with Gasteiger partial charge in [-0.25, -0.2) is 0 Å². The van der Waals surface area contributed by atoms with E-state index in [9.17, 15) is 10.5 Å². The molecule has 0 bridgehead atoms. The maximum absolute atomic E-state index is 9.51. The lowest BCUT2D eigenvalue weighted by molar-refractivity contribution is 0.145. The van der Waals surface area contributed by atoms with Crippen molar-refractivity contribution in [3.05, 3.63) is 11.4 Å². The van der Waals surface area contributed by atoms with Gasteiger partial charge in [0.25, 0.3) is 0 Å². The summed E-state index contributed by atoms with van der Waals surface area (Å²) in [6, 6.07) is 5.65. The van der Waals surface area contributed by atoms with Crippen molar-refractivity contribution in [3.63, 3.8) is 0 Å². The van der Waals surface area contributed by atoms with Crippen molar-refractivity contribution in [2.45, 2.75) is 64.5 Å². The lowest BCUT2D eigenvalue weighted by Crippen LogP contribution is -2.42. The van der Waals surface area contributed by atoms with Gasteiger partial charge in [0.05, 0.1) is 0 Å². The number of hydrogen-bond acceptors (Lipinski definition) is 6. The molecule has 0 aliphatic carbocycles. The third-order valence-corrected chi connectivity index (χ3v) is 6.85. The standard InChI is InChI=1S/C22H36N6/c1-19-7-3-4-9-26(19)13-14-28-16-15-27(22(28)21(17-23)18-24)12-6-11-25-10-5-8-20(25)2/h19-20H,3-16H2,1-2H3/t19?,20-/m0/s1. The first-order valence-electron chi connectivity index (χ1n) is 11.2. The molecule has 0 aromatic carbocycles. The molecular formula is C22H36N6. The molecule has 3 heterocycles. The fourth-order valence-corrected chi connectivity index (χ4v) is 5.06. The second kappa shape index (κ2) is 10.1. The Labute approximate surface area is 171 Å². The molecule has 154 valence electrons. The van der Waals surface area contributed by atoms with Crippen LogP contribution in [-0.4, -0.2) is 84.0 Å². The molecule has 0 aromatic heterocycles. The van der Waals surface area contributed by atoms with Crippen LogP contribution in [0, 0.1) is 22.7 Å². The Balaban J connectivity index is 1.57. The van der Waals surface area contributed by atoms with Crippen LogP contribution in [0.3, 0.4) is 0 Å². The molecule has 0 spiro atoms. The predicted octanol–water partition coefficient (Wildman–Crippen LogP) is 2.61. The minimum atomic E-state index is 0.277. The molecule has 3 aliphatic rings. The van der Waals surface area contributed by atoms with Crippen LogP contribution in [0.15, 0.2) is 11.4 Å². The van der Waals surface area contributed by atoms with E-state index in [1.165, 1.54) is 45.2 Å². The second-order valence-electron chi connectivity index (χ2n) is 8.66. The van der Waals surface area contributed by atoms with Crippen LogP contribution >= 0.6 is 0 Å². The first-order chi connectivity index (χ1) is 13.6. The summed E-state index contributed by atoms with van der Waals surface area (Å²) in [5.41, 5.74) is 0.277. The minimum Gasteiger partial charge on any atom is -0.355 e. The number of nitriles is 2. The van der Waals surface area contributed by atoms with E-state index in [2.05, 4.69) is 45.6 Å². The van der Waals surface area contributed by atoms with Crippen LogP contribution < -0.4 is 0 Å². The van der Waals surface area contributed by atoms with E-state index in [-0.39, 0.29) is 5.57 Å². The average molecular weight is 385 g/mol. The van der Waals surface area contributed by atoms with E-state index >= 15 is 0 Å². The molecule has 0 N–H and O–H groups in total. The van der Waals surface area contributed by atoms with Crippen LogP contribution in [-0.2, 0) is 0 Å². The van der Waals surface area contributed by atoms with Crippen molar-refractivity contribution in [2.24, 2.45) is 0 Å². The number of piperidine rings is 1. The number of likely N-dealkylation sites (tertiary alicyclic amines) is 2. The van der Waals surface area contributed by atoms with Gasteiger partial charge in [-0.2, -0.15) is 10.5 Å². The summed E-state index contributed by atoms with van der Waals surface area (Å²) in [6.07, 6.45) is 7.62. The summed E-state index contributed by atoms with van der Waals surface area (Å²) in [7, 11) is 0. The summed E-state index contributed by atoms with van der Waals surface area (Å²) in [6.45, 7) is 12.9. The van der Waals surface area contributed by atoms with Crippen LogP contribution in [0.25, 0.3) is 0 Å². The fourth-order valence-electron chi connectivity index (χ4n) is 5.06. The molecule has 2 atom stereocenters. The van der Waals surface area contributed by atoms with E-state index in [0.29, 0.717) is 12.1 Å². The van der Waals surface area contributed by atoms with Gasteiger partial charge in [-0.3, -0.25) is 4.90 Å².